The summed E-state index contributed by atoms with van der Waals surface area (Å²) in [6.07, 6.45) is 4.13. The molecule has 1 spiro atoms. The lowest BCUT2D eigenvalue weighted by molar-refractivity contribution is -0.149. The van der Waals surface area contributed by atoms with Gasteiger partial charge in [-0.15, -0.1) is 0 Å². The molecule has 0 radical (unpaired) electrons. The molecule has 3 aliphatic rings. The van der Waals surface area contributed by atoms with Crippen LogP contribution in [0.5, 0.6) is 0 Å². The molecule has 0 bridgehead atoms. The van der Waals surface area contributed by atoms with Crippen molar-refractivity contribution in [2.75, 3.05) is 19.7 Å². The van der Waals surface area contributed by atoms with Crippen molar-refractivity contribution in [3.8, 4) is 0 Å². The first kappa shape index (κ1) is 20.8. The molecule has 2 saturated heterocycles. The maximum atomic E-state index is 13.5. The van der Waals surface area contributed by atoms with Crippen LogP contribution >= 0.6 is 0 Å². The molecule has 0 unspecified atom stereocenters. The fourth-order valence-electron chi connectivity index (χ4n) is 4.66. The molecular formula is C23H31N3O4. The fraction of sp³-hybridized carbons (Fsp3) is 0.609. The van der Waals surface area contributed by atoms with E-state index in [1.54, 1.807) is 17.0 Å². The second kappa shape index (κ2) is 8.38. The van der Waals surface area contributed by atoms with E-state index >= 15 is 0 Å². The lowest BCUT2D eigenvalue weighted by Crippen LogP contribution is -2.60. The van der Waals surface area contributed by atoms with E-state index in [2.05, 4.69) is 5.32 Å². The van der Waals surface area contributed by atoms with Crippen molar-refractivity contribution in [1.29, 1.82) is 0 Å². The zero-order chi connectivity index (χ0) is 21.3. The number of hydrogen-bond acceptors (Lipinski definition) is 4. The minimum atomic E-state index is -0.845. The first-order valence-corrected chi connectivity index (χ1v) is 11.0. The standard InChI is InChI=1S/C23H31N3O4/c1-16(2)24-20(27)19-15-30-23(26(19)22(29)18-7-4-3-5-8-18)11-13-25(14-12-23)21(28)17-9-6-10-17/h3-5,7-8,16-17,19H,6,9-15H2,1-2H3,(H,24,27)/t19-/m0/s1. The van der Waals surface area contributed by atoms with Gasteiger partial charge in [-0.1, -0.05) is 24.6 Å². The quantitative estimate of drug-likeness (QED) is 0.821. The molecule has 0 aromatic heterocycles. The second-order valence-corrected chi connectivity index (χ2v) is 8.93. The summed E-state index contributed by atoms with van der Waals surface area (Å²) in [4.78, 5) is 42.6. The lowest BCUT2D eigenvalue weighted by Gasteiger charge is -2.45. The number of hydrogen-bond donors (Lipinski definition) is 1. The van der Waals surface area contributed by atoms with Gasteiger partial charge in [-0.2, -0.15) is 0 Å². The number of amides is 3. The minimum Gasteiger partial charge on any atom is -0.353 e. The maximum Gasteiger partial charge on any atom is 0.256 e. The van der Waals surface area contributed by atoms with Crippen molar-refractivity contribution in [3.63, 3.8) is 0 Å². The van der Waals surface area contributed by atoms with Gasteiger partial charge in [0.1, 0.15) is 11.8 Å². The normalized spacial score (nSPS) is 23.5. The third kappa shape index (κ3) is 3.83. The van der Waals surface area contributed by atoms with Crippen LogP contribution in [-0.4, -0.2) is 65.0 Å². The average Bonchev–Trinajstić information content (AvgIpc) is 3.05. The maximum absolute atomic E-state index is 13.5. The number of nitrogens with one attached hydrogen (secondary N) is 1. The Kier molecular flexibility index (Phi) is 5.82. The number of benzene rings is 1. The number of rotatable bonds is 4. The molecule has 162 valence electrons. The van der Waals surface area contributed by atoms with Crippen molar-refractivity contribution in [2.45, 2.75) is 63.8 Å². The van der Waals surface area contributed by atoms with E-state index in [1.165, 1.54) is 0 Å². The van der Waals surface area contributed by atoms with Gasteiger partial charge in [0.05, 0.1) is 6.61 Å². The highest BCUT2D eigenvalue weighted by Crippen LogP contribution is 2.39. The molecule has 4 rings (SSSR count). The Morgan fingerprint density at radius 3 is 2.33 bits per heavy atom. The molecule has 1 N–H and O–H groups in total. The minimum absolute atomic E-state index is 0.0235. The topological polar surface area (TPSA) is 79.0 Å². The summed E-state index contributed by atoms with van der Waals surface area (Å²) in [5.41, 5.74) is -0.305. The van der Waals surface area contributed by atoms with Gasteiger partial charge < -0.3 is 15.0 Å². The van der Waals surface area contributed by atoms with Crippen LogP contribution < -0.4 is 5.32 Å². The summed E-state index contributed by atoms with van der Waals surface area (Å²) in [6.45, 7) is 5.07. The highest BCUT2D eigenvalue weighted by Gasteiger charge is 2.54. The van der Waals surface area contributed by atoms with Gasteiger partial charge in [0.15, 0.2) is 0 Å². The largest absolute Gasteiger partial charge is 0.353 e. The Morgan fingerprint density at radius 2 is 1.77 bits per heavy atom. The monoisotopic (exact) mass is 413 g/mol. The number of carbonyl (C=O) groups is 3. The number of ether oxygens (including phenoxy) is 1. The Balaban J connectivity index is 1.56. The van der Waals surface area contributed by atoms with Crippen molar-refractivity contribution < 1.29 is 19.1 Å². The molecule has 1 saturated carbocycles. The highest BCUT2D eigenvalue weighted by molar-refractivity contribution is 5.98. The van der Waals surface area contributed by atoms with Gasteiger partial charge in [-0.25, -0.2) is 0 Å². The lowest BCUT2D eigenvalue weighted by atomic mass is 9.83. The van der Waals surface area contributed by atoms with E-state index in [0.29, 0.717) is 31.5 Å². The number of likely N-dealkylation sites (tertiary alicyclic amines) is 1. The van der Waals surface area contributed by atoms with E-state index in [4.69, 9.17) is 4.74 Å². The summed E-state index contributed by atoms with van der Waals surface area (Å²) in [5, 5.41) is 2.92. The van der Waals surface area contributed by atoms with Crippen LogP contribution in [0.25, 0.3) is 0 Å². The van der Waals surface area contributed by atoms with Crippen LogP contribution in [0.15, 0.2) is 30.3 Å². The molecule has 30 heavy (non-hydrogen) atoms. The molecule has 3 amide bonds. The van der Waals surface area contributed by atoms with E-state index in [-0.39, 0.29) is 36.3 Å². The summed E-state index contributed by atoms with van der Waals surface area (Å²) in [7, 11) is 0. The van der Waals surface area contributed by atoms with Gasteiger partial charge in [-0.05, 0) is 38.8 Å². The van der Waals surface area contributed by atoms with E-state index in [9.17, 15) is 14.4 Å². The van der Waals surface area contributed by atoms with Crippen LogP contribution in [-0.2, 0) is 14.3 Å². The zero-order valence-corrected chi connectivity index (χ0v) is 17.8. The predicted octanol–water partition coefficient (Wildman–Crippen LogP) is 2.17. The van der Waals surface area contributed by atoms with E-state index in [0.717, 1.165) is 19.3 Å². The van der Waals surface area contributed by atoms with Crippen LogP contribution in [0.4, 0.5) is 0 Å². The Bertz CT molecular complexity index is 798. The Hall–Kier alpha value is -2.41. The summed E-state index contributed by atoms with van der Waals surface area (Å²) < 4.78 is 6.19. The molecule has 7 heteroatoms. The third-order valence-corrected chi connectivity index (χ3v) is 6.54. The van der Waals surface area contributed by atoms with Crippen LogP contribution in [0.2, 0.25) is 0 Å². The average molecular weight is 414 g/mol. The smallest absolute Gasteiger partial charge is 0.256 e. The first-order chi connectivity index (χ1) is 14.4. The van der Waals surface area contributed by atoms with Gasteiger partial charge in [0, 0.05) is 43.5 Å². The SMILES string of the molecule is CC(C)NC(=O)[C@@H]1COC2(CCN(C(=O)C3CCC3)CC2)N1C(=O)c1ccccc1. The number of nitrogens with zero attached hydrogens (tertiary/aromatic N) is 2. The van der Waals surface area contributed by atoms with E-state index in [1.807, 2.05) is 36.9 Å². The van der Waals surface area contributed by atoms with Crippen LogP contribution in [0, 0.1) is 5.92 Å². The van der Waals surface area contributed by atoms with Crippen molar-refractivity contribution in [2.24, 2.45) is 5.92 Å². The molecule has 1 aromatic rings. The van der Waals surface area contributed by atoms with Crippen molar-refractivity contribution in [1.82, 2.24) is 15.1 Å². The summed E-state index contributed by atoms with van der Waals surface area (Å²) >= 11 is 0. The van der Waals surface area contributed by atoms with Gasteiger partial charge in [0.2, 0.25) is 11.8 Å². The Labute approximate surface area is 177 Å². The molecular weight excluding hydrogens is 382 g/mol. The Morgan fingerprint density at radius 1 is 1.10 bits per heavy atom. The fourth-order valence-corrected chi connectivity index (χ4v) is 4.66. The second-order valence-electron chi connectivity index (χ2n) is 8.93. The van der Waals surface area contributed by atoms with Crippen LogP contribution in [0.1, 0.15) is 56.3 Å². The van der Waals surface area contributed by atoms with Gasteiger partial charge in [-0.3, -0.25) is 19.3 Å². The van der Waals surface area contributed by atoms with Crippen LogP contribution in [0.3, 0.4) is 0 Å². The first-order valence-electron chi connectivity index (χ1n) is 11.0. The highest BCUT2D eigenvalue weighted by atomic mass is 16.5. The van der Waals surface area contributed by atoms with E-state index < -0.39 is 11.8 Å². The summed E-state index contributed by atoms with van der Waals surface area (Å²) in [5.74, 6) is -0.00536. The molecule has 7 nitrogen and oxygen atoms in total. The predicted molar refractivity (Wildman–Crippen MR) is 112 cm³/mol. The van der Waals surface area contributed by atoms with Gasteiger partial charge >= 0.3 is 0 Å². The number of carbonyl (C=O) groups excluding carboxylic acids is 3. The van der Waals surface area contributed by atoms with Crippen molar-refractivity contribution >= 4 is 17.7 Å². The summed E-state index contributed by atoms with van der Waals surface area (Å²) in [6, 6.07) is 8.33. The molecule has 3 fully saturated rings. The van der Waals surface area contributed by atoms with Gasteiger partial charge in [0.25, 0.3) is 5.91 Å². The zero-order valence-electron chi connectivity index (χ0n) is 17.8. The molecule has 2 aliphatic heterocycles. The molecule has 1 aromatic carbocycles. The molecule has 1 aliphatic carbocycles. The molecule has 2 heterocycles. The van der Waals surface area contributed by atoms with Crippen molar-refractivity contribution in [3.05, 3.63) is 35.9 Å². The third-order valence-electron chi connectivity index (χ3n) is 6.54. The molecule has 1 atom stereocenters. The number of piperidine rings is 1.